The lowest BCUT2D eigenvalue weighted by Gasteiger charge is -2.09. The number of nitrogens with one attached hydrogen (secondary N) is 1. The van der Waals surface area contributed by atoms with Crippen molar-refractivity contribution in [2.75, 3.05) is 26.0 Å². The minimum absolute atomic E-state index is 0.0443. The monoisotopic (exact) mass is 399 g/mol. The van der Waals surface area contributed by atoms with Crippen molar-refractivity contribution in [3.63, 3.8) is 0 Å². The third kappa shape index (κ3) is 5.20. The quantitative estimate of drug-likeness (QED) is 0.691. The average Bonchev–Trinajstić information content (AvgIpc) is 2.62. The molecule has 0 amide bonds. The highest BCUT2D eigenvalue weighted by Gasteiger charge is 2.18. The molecular formula is C17H21NO6S2. The third-order valence-electron chi connectivity index (χ3n) is 3.53. The molecule has 0 saturated carbocycles. The molecule has 2 aromatic carbocycles. The highest BCUT2D eigenvalue weighted by Crippen LogP contribution is 2.18. The lowest BCUT2D eigenvalue weighted by Crippen LogP contribution is -2.29. The molecule has 7 nitrogen and oxygen atoms in total. The van der Waals surface area contributed by atoms with Gasteiger partial charge in [0.15, 0.2) is 9.84 Å². The van der Waals surface area contributed by atoms with Crippen molar-refractivity contribution in [3.8, 4) is 11.5 Å². The van der Waals surface area contributed by atoms with Crippen LogP contribution in [0.15, 0.2) is 58.3 Å². The zero-order valence-corrected chi connectivity index (χ0v) is 16.1. The predicted molar refractivity (Wildman–Crippen MR) is 97.8 cm³/mol. The van der Waals surface area contributed by atoms with E-state index in [-0.39, 0.29) is 22.1 Å². The summed E-state index contributed by atoms with van der Waals surface area (Å²) < 4.78 is 61.6. The van der Waals surface area contributed by atoms with Crippen LogP contribution >= 0.6 is 0 Å². The number of sulfonamides is 1. The highest BCUT2D eigenvalue weighted by molar-refractivity contribution is 7.91. The van der Waals surface area contributed by atoms with Crippen LogP contribution in [0.3, 0.4) is 0 Å². The van der Waals surface area contributed by atoms with Crippen LogP contribution in [0.2, 0.25) is 0 Å². The Morgan fingerprint density at radius 2 is 1.38 bits per heavy atom. The van der Waals surface area contributed by atoms with Gasteiger partial charge in [-0.15, -0.1) is 0 Å². The number of sulfone groups is 1. The van der Waals surface area contributed by atoms with Crippen LogP contribution in [-0.4, -0.2) is 42.8 Å². The van der Waals surface area contributed by atoms with Gasteiger partial charge in [0, 0.05) is 6.54 Å². The summed E-state index contributed by atoms with van der Waals surface area (Å²) in [6.45, 7) is 2.08. The molecule has 0 aliphatic heterocycles. The van der Waals surface area contributed by atoms with E-state index < -0.39 is 19.9 Å². The fraction of sp³-hybridized carbons (Fsp3) is 0.294. The molecule has 0 aromatic heterocycles. The van der Waals surface area contributed by atoms with E-state index in [1.165, 1.54) is 43.5 Å². The smallest absolute Gasteiger partial charge is 0.240 e. The lowest BCUT2D eigenvalue weighted by molar-refractivity contribution is 0.340. The predicted octanol–water partition coefficient (Wildman–Crippen LogP) is 1.85. The molecule has 142 valence electrons. The zero-order chi connectivity index (χ0) is 19.2. The molecule has 2 aromatic rings. The summed E-state index contributed by atoms with van der Waals surface area (Å²) in [7, 11) is -5.92. The number of hydrogen-bond acceptors (Lipinski definition) is 6. The molecule has 1 N–H and O–H groups in total. The van der Waals surface area contributed by atoms with E-state index in [1.807, 2.05) is 6.92 Å². The molecule has 0 spiro atoms. The molecule has 0 saturated heterocycles. The summed E-state index contributed by atoms with van der Waals surface area (Å²) in [6.07, 6.45) is 0. The van der Waals surface area contributed by atoms with Crippen molar-refractivity contribution in [3.05, 3.63) is 48.5 Å². The van der Waals surface area contributed by atoms with Crippen molar-refractivity contribution >= 4 is 19.9 Å². The lowest BCUT2D eigenvalue weighted by atomic mass is 10.3. The standard InChI is InChI=1S/C17H21NO6S2/c1-3-24-15-6-10-17(11-7-15)26(21,22)18-12-13-25(19,20)16-8-4-14(23-2)5-9-16/h4-11,18H,3,12-13H2,1-2H3. The molecule has 0 aliphatic rings. The Morgan fingerprint density at radius 3 is 1.92 bits per heavy atom. The maximum Gasteiger partial charge on any atom is 0.240 e. The fourth-order valence-electron chi connectivity index (χ4n) is 2.18. The molecule has 0 fully saturated rings. The van der Waals surface area contributed by atoms with E-state index in [4.69, 9.17) is 9.47 Å². The maximum absolute atomic E-state index is 12.3. The second-order valence-corrected chi connectivity index (χ2v) is 9.17. The van der Waals surface area contributed by atoms with Crippen LogP contribution in [0.4, 0.5) is 0 Å². The zero-order valence-electron chi connectivity index (χ0n) is 14.5. The van der Waals surface area contributed by atoms with Crippen molar-refractivity contribution in [2.24, 2.45) is 0 Å². The van der Waals surface area contributed by atoms with Crippen LogP contribution in [0.1, 0.15) is 6.92 Å². The average molecular weight is 399 g/mol. The molecule has 0 aliphatic carbocycles. The maximum atomic E-state index is 12.3. The molecular weight excluding hydrogens is 378 g/mol. The summed E-state index contributed by atoms with van der Waals surface area (Å²) in [5.74, 6) is 0.754. The number of benzene rings is 2. The minimum atomic E-state index is -3.80. The second-order valence-electron chi connectivity index (χ2n) is 5.30. The summed E-state index contributed by atoms with van der Waals surface area (Å²) >= 11 is 0. The van der Waals surface area contributed by atoms with Gasteiger partial charge in [-0.1, -0.05) is 0 Å². The van der Waals surface area contributed by atoms with Gasteiger partial charge in [-0.2, -0.15) is 0 Å². The fourth-order valence-corrected chi connectivity index (χ4v) is 4.49. The Morgan fingerprint density at radius 1 is 0.846 bits per heavy atom. The number of hydrogen-bond donors (Lipinski definition) is 1. The van der Waals surface area contributed by atoms with Gasteiger partial charge < -0.3 is 9.47 Å². The number of methoxy groups -OCH3 is 1. The largest absolute Gasteiger partial charge is 0.497 e. The van der Waals surface area contributed by atoms with Gasteiger partial charge in [0.25, 0.3) is 0 Å². The van der Waals surface area contributed by atoms with Gasteiger partial charge in [0.05, 0.1) is 29.3 Å². The van der Waals surface area contributed by atoms with Crippen molar-refractivity contribution < 1.29 is 26.3 Å². The second kappa shape index (κ2) is 8.52. The van der Waals surface area contributed by atoms with E-state index in [9.17, 15) is 16.8 Å². The Kier molecular flexibility index (Phi) is 6.63. The van der Waals surface area contributed by atoms with Crippen molar-refractivity contribution in [1.82, 2.24) is 4.72 Å². The van der Waals surface area contributed by atoms with Gasteiger partial charge in [0.2, 0.25) is 10.0 Å². The first-order chi connectivity index (χ1) is 12.3. The van der Waals surface area contributed by atoms with Crippen molar-refractivity contribution in [2.45, 2.75) is 16.7 Å². The summed E-state index contributed by atoms with van der Waals surface area (Å²) in [5, 5.41) is 0. The van der Waals surface area contributed by atoms with Crippen LogP contribution in [-0.2, 0) is 19.9 Å². The topological polar surface area (TPSA) is 98.8 Å². The molecule has 0 bridgehead atoms. The van der Waals surface area contributed by atoms with Crippen LogP contribution in [0, 0.1) is 0 Å². The van der Waals surface area contributed by atoms with Crippen LogP contribution in [0.25, 0.3) is 0 Å². The highest BCUT2D eigenvalue weighted by atomic mass is 32.2. The molecule has 0 atom stereocenters. The molecule has 2 rings (SSSR count). The van der Waals surface area contributed by atoms with E-state index in [0.717, 1.165) is 0 Å². The van der Waals surface area contributed by atoms with E-state index in [0.29, 0.717) is 18.1 Å². The normalized spacial score (nSPS) is 11.9. The van der Waals surface area contributed by atoms with Gasteiger partial charge in [-0.05, 0) is 55.5 Å². The molecule has 0 radical (unpaired) electrons. The van der Waals surface area contributed by atoms with Crippen LogP contribution in [0.5, 0.6) is 11.5 Å². The first-order valence-corrected chi connectivity index (χ1v) is 11.0. The Bertz CT molecular complexity index is 920. The van der Waals surface area contributed by atoms with Crippen molar-refractivity contribution in [1.29, 1.82) is 0 Å². The molecule has 0 heterocycles. The van der Waals surface area contributed by atoms with Gasteiger partial charge in [0.1, 0.15) is 11.5 Å². The molecule has 9 heteroatoms. The van der Waals surface area contributed by atoms with E-state index in [2.05, 4.69) is 4.72 Å². The first-order valence-electron chi connectivity index (χ1n) is 7.88. The third-order valence-corrected chi connectivity index (χ3v) is 6.74. The number of rotatable bonds is 9. The minimum Gasteiger partial charge on any atom is -0.497 e. The van der Waals surface area contributed by atoms with E-state index >= 15 is 0 Å². The summed E-state index contributed by atoms with van der Waals surface area (Å²) in [5.41, 5.74) is 0. The van der Waals surface area contributed by atoms with E-state index in [1.54, 1.807) is 12.1 Å². The summed E-state index contributed by atoms with van der Waals surface area (Å²) in [6, 6.07) is 11.8. The molecule has 26 heavy (non-hydrogen) atoms. The SMILES string of the molecule is CCOc1ccc(S(=O)(=O)NCCS(=O)(=O)c2ccc(OC)cc2)cc1. The Hall–Kier alpha value is -2.10. The molecule has 0 unspecified atom stereocenters. The Balaban J connectivity index is 2.00. The van der Waals surface area contributed by atoms with Crippen LogP contribution < -0.4 is 14.2 Å². The number of ether oxygens (including phenoxy) is 2. The first kappa shape index (κ1) is 20.2. The Labute approximate surface area is 153 Å². The van der Waals surface area contributed by atoms with Gasteiger partial charge in [-0.25, -0.2) is 21.6 Å². The van der Waals surface area contributed by atoms with Gasteiger partial charge in [-0.3, -0.25) is 0 Å². The summed E-state index contributed by atoms with van der Waals surface area (Å²) in [4.78, 5) is 0.154. The van der Waals surface area contributed by atoms with Gasteiger partial charge >= 0.3 is 0 Å².